The van der Waals surface area contributed by atoms with Crippen LogP contribution in [0.15, 0.2) is 36.5 Å². The summed E-state index contributed by atoms with van der Waals surface area (Å²) < 4.78 is 16.2. The molecule has 148 valence electrons. The SMILES string of the molecule is O=C(c1ccc(Cl)c(F)c1Cl)N1C2CCCC1c1nnc(-c3ccccn3)n1C2. The van der Waals surface area contributed by atoms with Crippen molar-refractivity contribution in [3.63, 3.8) is 0 Å². The van der Waals surface area contributed by atoms with Gasteiger partial charge in [-0.3, -0.25) is 9.78 Å². The normalized spacial score (nSPS) is 20.4. The Morgan fingerprint density at radius 2 is 2.00 bits per heavy atom. The average Bonchev–Trinajstić information content (AvgIpc) is 3.15. The Labute approximate surface area is 176 Å². The van der Waals surface area contributed by atoms with Gasteiger partial charge in [0, 0.05) is 12.7 Å². The maximum atomic E-state index is 14.2. The van der Waals surface area contributed by atoms with Crippen LogP contribution in [0.4, 0.5) is 4.39 Å². The van der Waals surface area contributed by atoms with Crippen molar-refractivity contribution in [3.05, 3.63) is 63.8 Å². The number of carbonyl (C=O) groups is 1. The van der Waals surface area contributed by atoms with Crippen LogP contribution in [0.2, 0.25) is 10.0 Å². The molecule has 2 aliphatic heterocycles. The van der Waals surface area contributed by atoms with Gasteiger partial charge in [-0.05, 0) is 43.5 Å². The van der Waals surface area contributed by atoms with Crippen LogP contribution < -0.4 is 0 Å². The zero-order valence-electron chi connectivity index (χ0n) is 15.2. The van der Waals surface area contributed by atoms with Crippen molar-refractivity contribution >= 4 is 29.1 Å². The Morgan fingerprint density at radius 1 is 1.14 bits per heavy atom. The molecule has 2 aromatic heterocycles. The molecule has 2 bridgehead atoms. The smallest absolute Gasteiger partial charge is 0.256 e. The van der Waals surface area contributed by atoms with Crippen LogP contribution >= 0.6 is 23.2 Å². The number of halogens is 3. The number of rotatable bonds is 2. The fourth-order valence-electron chi connectivity index (χ4n) is 4.29. The van der Waals surface area contributed by atoms with E-state index in [-0.39, 0.29) is 33.6 Å². The van der Waals surface area contributed by atoms with Crippen LogP contribution in [-0.4, -0.2) is 36.6 Å². The molecule has 29 heavy (non-hydrogen) atoms. The fraction of sp³-hybridized carbons (Fsp3) is 0.300. The molecule has 2 unspecified atom stereocenters. The van der Waals surface area contributed by atoms with E-state index in [0.717, 1.165) is 30.8 Å². The molecule has 1 saturated heterocycles. The second kappa shape index (κ2) is 7.07. The lowest BCUT2D eigenvalue weighted by Crippen LogP contribution is -2.52. The van der Waals surface area contributed by atoms with Crippen molar-refractivity contribution in [3.8, 4) is 11.5 Å². The number of fused-ring (bicyclic) bond motifs is 4. The second-order valence-electron chi connectivity index (χ2n) is 7.24. The van der Waals surface area contributed by atoms with Crippen LogP contribution in [0.25, 0.3) is 11.5 Å². The first-order chi connectivity index (χ1) is 14.1. The second-order valence-corrected chi connectivity index (χ2v) is 8.03. The van der Waals surface area contributed by atoms with Gasteiger partial charge in [0.15, 0.2) is 17.5 Å². The molecular weight excluding hydrogens is 416 g/mol. The molecule has 1 aromatic carbocycles. The molecule has 6 nitrogen and oxygen atoms in total. The number of amides is 1. The number of pyridine rings is 1. The van der Waals surface area contributed by atoms with E-state index in [1.165, 1.54) is 12.1 Å². The van der Waals surface area contributed by atoms with Gasteiger partial charge in [-0.25, -0.2) is 4.39 Å². The largest absolute Gasteiger partial charge is 0.324 e. The van der Waals surface area contributed by atoms with E-state index < -0.39 is 5.82 Å². The maximum absolute atomic E-state index is 14.2. The van der Waals surface area contributed by atoms with Gasteiger partial charge in [0.2, 0.25) is 0 Å². The van der Waals surface area contributed by atoms with Crippen molar-refractivity contribution in [2.75, 3.05) is 0 Å². The van der Waals surface area contributed by atoms with Crippen LogP contribution in [-0.2, 0) is 6.54 Å². The molecule has 9 heteroatoms. The first-order valence-corrected chi connectivity index (χ1v) is 10.1. The van der Waals surface area contributed by atoms with E-state index in [9.17, 15) is 9.18 Å². The van der Waals surface area contributed by atoms with Crippen molar-refractivity contribution in [1.82, 2.24) is 24.6 Å². The molecule has 0 radical (unpaired) electrons. The summed E-state index contributed by atoms with van der Waals surface area (Å²) in [5.74, 6) is 0.330. The van der Waals surface area contributed by atoms with Crippen LogP contribution in [0.3, 0.4) is 0 Å². The Bertz CT molecular complexity index is 1100. The average molecular weight is 432 g/mol. The topological polar surface area (TPSA) is 63.9 Å². The lowest BCUT2D eigenvalue weighted by Gasteiger charge is -2.45. The Morgan fingerprint density at radius 3 is 2.79 bits per heavy atom. The lowest BCUT2D eigenvalue weighted by molar-refractivity contribution is 0.0289. The standard InChI is InChI=1S/C20H16Cl2FN5O/c21-13-8-7-12(16(22)17(13)23)20(29)28-11-4-3-6-15(28)19-26-25-18(27(19)10-11)14-5-1-2-9-24-14/h1-2,5,7-9,11,15H,3-4,6,10H2. The highest BCUT2D eigenvalue weighted by molar-refractivity contribution is 6.37. The van der Waals surface area contributed by atoms with E-state index in [0.29, 0.717) is 12.4 Å². The Hall–Kier alpha value is -2.51. The Kier molecular flexibility index (Phi) is 4.52. The monoisotopic (exact) mass is 431 g/mol. The van der Waals surface area contributed by atoms with Gasteiger partial charge >= 0.3 is 0 Å². The van der Waals surface area contributed by atoms with E-state index in [1.807, 2.05) is 22.8 Å². The van der Waals surface area contributed by atoms with E-state index in [1.54, 1.807) is 11.1 Å². The van der Waals surface area contributed by atoms with E-state index in [4.69, 9.17) is 23.2 Å². The zero-order valence-corrected chi connectivity index (χ0v) is 16.7. The van der Waals surface area contributed by atoms with Gasteiger partial charge in [0.25, 0.3) is 5.91 Å². The third-order valence-electron chi connectivity index (χ3n) is 5.61. The molecule has 4 heterocycles. The third-order valence-corrected chi connectivity index (χ3v) is 6.27. The molecule has 2 aliphatic rings. The molecule has 0 spiro atoms. The number of benzene rings is 1. The van der Waals surface area contributed by atoms with Gasteiger partial charge in [-0.1, -0.05) is 29.3 Å². The highest BCUT2D eigenvalue weighted by Crippen LogP contribution is 2.41. The van der Waals surface area contributed by atoms with Crippen LogP contribution in [0, 0.1) is 5.82 Å². The van der Waals surface area contributed by atoms with Gasteiger partial charge in [-0.15, -0.1) is 10.2 Å². The number of aromatic nitrogens is 4. The molecule has 0 N–H and O–H groups in total. The minimum absolute atomic E-state index is 0.0537. The van der Waals surface area contributed by atoms with Gasteiger partial charge in [0.05, 0.1) is 27.7 Å². The number of hydrogen-bond acceptors (Lipinski definition) is 4. The van der Waals surface area contributed by atoms with Crippen molar-refractivity contribution in [2.24, 2.45) is 0 Å². The minimum atomic E-state index is -0.776. The third kappa shape index (κ3) is 2.91. The van der Waals surface area contributed by atoms with Crippen molar-refractivity contribution in [1.29, 1.82) is 0 Å². The predicted octanol–water partition coefficient (Wildman–Crippen LogP) is 4.54. The maximum Gasteiger partial charge on any atom is 0.256 e. The summed E-state index contributed by atoms with van der Waals surface area (Å²) >= 11 is 11.9. The lowest BCUT2D eigenvalue weighted by atomic mass is 9.91. The molecule has 2 atom stereocenters. The fourth-order valence-corrected chi connectivity index (χ4v) is 4.74. The highest BCUT2D eigenvalue weighted by Gasteiger charge is 2.43. The van der Waals surface area contributed by atoms with Crippen molar-refractivity contribution < 1.29 is 9.18 Å². The first-order valence-electron chi connectivity index (χ1n) is 9.37. The zero-order chi connectivity index (χ0) is 20.1. The van der Waals surface area contributed by atoms with Gasteiger partial charge in [0.1, 0.15) is 5.69 Å². The summed E-state index contributed by atoms with van der Waals surface area (Å²) in [4.78, 5) is 19.5. The molecule has 0 aliphatic carbocycles. The first kappa shape index (κ1) is 18.5. The molecule has 1 amide bonds. The summed E-state index contributed by atoms with van der Waals surface area (Å²) in [5.41, 5.74) is 0.857. The number of piperidine rings is 1. The Balaban J connectivity index is 1.56. The van der Waals surface area contributed by atoms with Crippen molar-refractivity contribution in [2.45, 2.75) is 37.9 Å². The summed E-state index contributed by atoms with van der Waals surface area (Å²) in [6, 6.07) is 8.18. The predicted molar refractivity (Wildman–Crippen MR) is 106 cm³/mol. The number of hydrogen-bond donors (Lipinski definition) is 0. The molecule has 1 fully saturated rings. The minimum Gasteiger partial charge on any atom is -0.324 e. The summed E-state index contributed by atoms with van der Waals surface area (Å²) in [5, 5.41) is 8.38. The van der Waals surface area contributed by atoms with E-state index >= 15 is 0 Å². The summed E-state index contributed by atoms with van der Waals surface area (Å²) in [6.45, 7) is 0.560. The summed E-state index contributed by atoms with van der Waals surface area (Å²) in [7, 11) is 0. The molecular formula is C20H16Cl2FN5O. The van der Waals surface area contributed by atoms with Crippen LogP contribution in [0.5, 0.6) is 0 Å². The highest BCUT2D eigenvalue weighted by atomic mass is 35.5. The molecule has 3 aromatic rings. The quantitative estimate of drug-likeness (QED) is 0.558. The number of carbonyl (C=O) groups excluding carboxylic acids is 1. The summed E-state index contributed by atoms with van der Waals surface area (Å²) in [6.07, 6.45) is 4.30. The molecule has 5 rings (SSSR count). The van der Waals surface area contributed by atoms with Crippen LogP contribution in [0.1, 0.15) is 41.5 Å². The van der Waals surface area contributed by atoms with Gasteiger partial charge < -0.3 is 9.47 Å². The molecule has 0 saturated carbocycles. The number of nitrogens with zero attached hydrogens (tertiary/aromatic N) is 5. The van der Waals surface area contributed by atoms with Gasteiger partial charge in [-0.2, -0.15) is 0 Å². The van der Waals surface area contributed by atoms with E-state index in [2.05, 4.69) is 15.2 Å².